The summed E-state index contributed by atoms with van der Waals surface area (Å²) in [5.41, 5.74) is 4.88. The van der Waals surface area contributed by atoms with Crippen molar-refractivity contribution in [1.82, 2.24) is 0 Å². The molecular weight excluding hydrogens is 180 g/mol. The third-order valence-electron chi connectivity index (χ3n) is 3.84. The van der Waals surface area contributed by atoms with E-state index < -0.39 is 0 Å². The smallest absolute Gasteiger partial charge is 0.0159 e. The monoisotopic (exact) mass is 202 g/mol. The third kappa shape index (κ3) is 2.09. The lowest BCUT2D eigenvalue weighted by Crippen LogP contribution is -2.01. The highest BCUT2D eigenvalue weighted by atomic mass is 14.2. The molecule has 0 atom stereocenters. The van der Waals surface area contributed by atoms with Gasteiger partial charge in [-0.1, -0.05) is 44.9 Å². The predicted octanol–water partition coefficient (Wildman–Crippen LogP) is 4.47. The fourth-order valence-corrected chi connectivity index (χ4v) is 3.04. The van der Waals surface area contributed by atoms with E-state index in [1.54, 1.807) is 16.7 Å². The van der Waals surface area contributed by atoms with Gasteiger partial charge in [0.1, 0.15) is 0 Å². The van der Waals surface area contributed by atoms with Crippen LogP contribution in [0.25, 0.3) is 0 Å². The fourth-order valence-electron chi connectivity index (χ4n) is 3.04. The molecule has 0 radical (unpaired) electrons. The van der Waals surface area contributed by atoms with Crippen LogP contribution in [0.15, 0.2) is 18.2 Å². The summed E-state index contributed by atoms with van der Waals surface area (Å²) in [5, 5.41) is 0. The van der Waals surface area contributed by atoms with Crippen LogP contribution >= 0.6 is 0 Å². The predicted molar refractivity (Wildman–Crippen MR) is 66.4 cm³/mol. The molecule has 0 N–H and O–H groups in total. The zero-order valence-electron chi connectivity index (χ0n) is 10.1. The third-order valence-corrected chi connectivity index (χ3v) is 3.84. The summed E-state index contributed by atoms with van der Waals surface area (Å²) in [7, 11) is 0. The number of aryl methyl sites for hydroxylation is 1. The van der Waals surface area contributed by atoms with Crippen LogP contribution in [0.2, 0.25) is 0 Å². The van der Waals surface area contributed by atoms with E-state index in [0.717, 1.165) is 5.92 Å². The molecule has 0 bridgehead atoms. The van der Waals surface area contributed by atoms with Gasteiger partial charge in [0.05, 0.1) is 0 Å². The van der Waals surface area contributed by atoms with Gasteiger partial charge in [0.2, 0.25) is 0 Å². The maximum atomic E-state index is 2.37. The van der Waals surface area contributed by atoms with Gasteiger partial charge < -0.3 is 0 Å². The summed E-state index contributed by atoms with van der Waals surface area (Å²) in [6.45, 7) is 4.57. The lowest BCUT2D eigenvalue weighted by Gasteiger charge is -2.17. The lowest BCUT2D eigenvalue weighted by atomic mass is 9.88. The largest absolute Gasteiger partial charge is 0.0617 e. The summed E-state index contributed by atoms with van der Waals surface area (Å²) < 4.78 is 0. The SMILES string of the molecule is CCc1cccc(C2CCCC2)c1CC. The topological polar surface area (TPSA) is 0 Å². The van der Waals surface area contributed by atoms with Crippen LogP contribution in [-0.2, 0) is 12.8 Å². The van der Waals surface area contributed by atoms with E-state index in [-0.39, 0.29) is 0 Å². The number of benzene rings is 1. The number of hydrogen-bond donors (Lipinski definition) is 0. The molecule has 15 heavy (non-hydrogen) atoms. The Kier molecular flexibility index (Phi) is 3.45. The van der Waals surface area contributed by atoms with Crippen LogP contribution in [0.5, 0.6) is 0 Å². The quantitative estimate of drug-likeness (QED) is 0.678. The highest BCUT2D eigenvalue weighted by Gasteiger charge is 2.19. The van der Waals surface area contributed by atoms with E-state index in [1.807, 2.05) is 0 Å². The fraction of sp³-hybridized carbons (Fsp3) is 0.600. The Morgan fingerprint density at radius 2 is 1.80 bits per heavy atom. The van der Waals surface area contributed by atoms with Crippen LogP contribution < -0.4 is 0 Å². The van der Waals surface area contributed by atoms with Crippen LogP contribution in [0.1, 0.15) is 62.1 Å². The normalized spacial score (nSPS) is 17.2. The first-order chi connectivity index (χ1) is 7.36. The van der Waals surface area contributed by atoms with Crippen molar-refractivity contribution in [2.24, 2.45) is 0 Å². The summed E-state index contributed by atoms with van der Waals surface area (Å²) in [4.78, 5) is 0. The Balaban J connectivity index is 2.36. The van der Waals surface area contributed by atoms with Gasteiger partial charge >= 0.3 is 0 Å². The van der Waals surface area contributed by atoms with Crippen molar-refractivity contribution in [3.63, 3.8) is 0 Å². The van der Waals surface area contributed by atoms with Gasteiger partial charge in [-0.2, -0.15) is 0 Å². The van der Waals surface area contributed by atoms with Gasteiger partial charge in [0.25, 0.3) is 0 Å². The molecule has 1 aromatic carbocycles. The summed E-state index contributed by atoms with van der Waals surface area (Å²) in [5.74, 6) is 0.867. The molecule has 0 heteroatoms. The highest BCUT2D eigenvalue weighted by Crippen LogP contribution is 2.36. The van der Waals surface area contributed by atoms with Crippen molar-refractivity contribution in [3.8, 4) is 0 Å². The molecule has 0 aromatic heterocycles. The lowest BCUT2D eigenvalue weighted by molar-refractivity contribution is 0.710. The Labute approximate surface area is 93.7 Å². The second-order valence-corrected chi connectivity index (χ2v) is 4.67. The van der Waals surface area contributed by atoms with Crippen molar-refractivity contribution < 1.29 is 0 Å². The molecule has 82 valence electrons. The number of rotatable bonds is 3. The van der Waals surface area contributed by atoms with Crippen LogP contribution in [-0.4, -0.2) is 0 Å². The van der Waals surface area contributed by atoms with Gasteiger partial charge in [0.15, 0.2) is 0 Å². The molecule has 1 aliphatic carbocycles. The minimum Gasteiger partial charge on any atom is -0.0617 e. The van der Waals surface area contributed by atoms with Crippen LogP contribution in [0.3, 0.4) is 0 Å². The van der Waals surface area contributed by atoms with E-state index in [0.29, 0.717) is 0 Å². The molecule has 1 aliphatic rings. The van der Waals surface area contributed by atoms with E-state index in [4.69, 9.17) is 0 Å². The first-order valence-corrected chi connectivity index (χ1v) is 6.47. The van der Waals surface area contributed by atoms with E-state index >= 15 is 0 Å². The molecule has 0 unspecified atom stereocenters. The molecule has 0 heterocycles. The average Bonchev–Trinajstić information content (AvgIpc) is 2.81. The molecule has 0 nitrogen and oxygen atoms in total. The van der Waals surface area contributed by atoms with Crippen molar-refractivity contribution in [2.45, 2.75) is 58.3 Å². The summed E-state index contributed by atoms with van der Waals surface area (Å²) >= 11 is 0. The van der Waals surface area contributed by atoms with Crippen molar-refractivity contribution in [2.75, 3.05) is 0 Å². The average molecular weight is 202 g/mol. The molecule has 1 aromatic rings. The Morgan fingerprint density at radius 1 is 1.07 bits per heavy atom. The molecule has 0 amide bonds. The second-order valence-electron chi connectivity index (χ2n) is 4.67. The Hall–Kier alpha value is -0.780. The molecule has 1 saturated carbocycles. The zero-order chi connectivity index (χ0) is 10.7. The molecule has 0 spiro atoms. The second kappa shape index (κ2) is 4.83. The standard InChI is InChI=1S/C15H22/c1-3-12-10-7-11-15(14(12)4-2)13-8-5-6-9-13/h7,10-11,13H,3-6,8-9H2,1-2H3. The van der Waals surface area contributed by atoms with Crippen LogP contribution in [0.4, 0.5) is 0 Å². The van der Waals surface area contributed by atoms with Gasteiger partial charge in [-0.05, 0) is 48.3 Å². The van der Waals surface area contributed by atoms with E-state index in [2.05, 4.69) is 32.0 Å². The molecule has 2 rings (SSSR count). The molecular formula is C15H22. The van der Waals surface area contributed by atoms with Crippen molar-refractivity contribution in [3.05, 3.63) is 34.9 Å². The van der Waals surface area contributed by atoms with Crippen molar-refractivity contribution in [1.29, 1.82) is 0 Å². The van der Waals surface area contributed by atoms with E-state index in [9.17, 15) is 0 Å². The maximum Gasteiger partial charge on any atom is -0.0159 e. The van der Waals surface area contributed by atoms with E-state index in [1.165, 1.54) is 38.5 Å². The Bertz CT molecular complexity index is 319. The number of hydrogen-bond acceptors (Lipinski definition) is 0. The highest BCUT2D eigenvalue weighted by molar-refractivity contribution is 5.38. The first kappa shape index (κ1) is 10.7. The Morgan fingerprint density at radius 3 is 2.40 bits per heavy atom. The summed E-state index contributed by atoms with van der Waals surface area (Å²) in [6, 6.07) is 6.93. The first-order valence-electron chi connectivity index (χ1n) is 6.47. The van der Waals surface area contributed by atoms with Crippen molar-refractivity contribution >= 4 is 0 Å². The molecule has 0 saturated heterocycles. The van der Waals surface area contributed by atoms with Crippen LogP contribution in [0, 0.1) is 0 Å². The van der Waals surface area contributed by atoms with Gasteiger partial charge in [0, 0.05) is 0 Å². The maximum absolute atomic E-state index is 2.37. The summed E-state index contributed by atoms with van der Waals surface area (Å²) in [6.07, 6.45) is 8.09. The molecule has 0 aliphatic heterocycles. The zero-order valence-corrected chi connectivity index (χ0v) is 10.1. The minimum atomic E-state index is 0.867. The van der Waals surface area contributed by atoms with Gasteiger partial charge in [-0.15, -0.1) is 0 Å². The minimum absolute atomic E-state index is 0.867. The van der Waals surface area contributed by atoms with Gasteiger partial charge in [-0.25, -0.2) is 0 Å². The molecule has 1 fully saturated rings. The van der Waals surface area contributed by atoms with Gasteiger partial charge in [-0.3, -0.25) is 0 Å².